The normalized spacial score (nSPS) is 14.7. The van der Waals surface area contributed by atoms with E-state index in [-0.39, 0.29) is 24.9 Å². The standard InChI is InChI=1S/C26H32N4O2S/c1-2-28(19-25(31)27-17-23-10-6-16-33-23)20-26(32)30-14-12-29(13-15-30)18-22-9-5-8-21-7-3-4-11-24(21)22/h3-11,16H,2,12-15,17-20H2,1H3,(H,27,31). The van der Waals surface area contributed by atoms with Crippen LogP contribution in [0.4, 0.5) is 0 Å². The smallest absolute Gasteiger partial charge is 0.236 e. The number of hydrogen-bond acceptors (Lipinski definition) is 5. The molecule has 174 valence electrons. The SMILES string of the molecule is CCN(CC(=O)NCc1cccs1)CC(=O)N1CCN(Cc2cccc3ccccc23)CC1. The summed E-state index contributed by atoms with van der Waals surface area (Å²) in [5.74, 6) is 0.0608. The number of piperazine rings is 1. The van der Waals surface area contributed by atoms with Gasteiger partial charge in [-0.2, -0.15) is 0 Å². The fourth-order valence-electron chi connectivity index (χ4n) is 4.26. The Morgan fingerprint density at radius 2 is 1.76 bits per heavy atom. The van der Waals surface area contributed by atoms with Crippen LogP contribution in [0.2, 0.25) is 0 Å². The molecule has 3 aromatic rings. The van der Waals surface area contributed by atoms with Gasteiger partial charge in [0.2, 0.25) is 11.8 Å². The number of amides is 2. The molecule has 1 aromatic heterocycles. The van der Waals surface area contributed by atoms with E-state index in [0.717, 1.165) is 37.6 Å². The lowest BCUT2D eigenvalue weighted by molar-refractivity contribution is -0.134. The topological polar surface area (TPSA) is 55.9 Å². The van der Waals surface area contributed by atoms with Crippen molar-refractivity contribution in [3.63, 3.8) is 0 Å². The van der Waals surface area contributed by atoms with Gasteiger partial charge in [0.05, 0.1) is 19.6 Å². The van der Waals surface area contributed by atoms with Gasteiger partial charge in [-0.3, -0.25) is 19.4 Å². The van der Waals surface area contributed by atoms with Gasteiger partial charge in [0.1, 0.15) is 0 Å². The van der Waals surface area contributed by atoms with E-state index in [1.54, 1.807) is 11.3 Å². The van der Waals surface area contributed by atoms with Gasteiger partial charge >= 0.3 is 0 Å². The molecule has 4 rings (SSSR count). The number of hydrogen-bond donors (Lipinski definition) is 1. The van der Waals surface area contributed by atoms with Gasteiger partial charge < -0.3 is 10.2 Å². The molecule has 0 aliphatic carbocycles. The molecule has 2 amide bonds. The van der Waals surface area contributed by atoms with Crippen LogP contribution in [-0.4, -0.2) is 72.3 Å². The van der Waals surface area contributed by atoms with E-state index in [0.29, 0.717) is 13.1 Å². The number of likely N-dealkylation sites (N-methyl/N-ethyl adjacent to an activating group) is 1. The molecule has 1 aliphatic heterocycles. The Balaban J connectivity index is 1.23. The van der Waals surface area contributed by atoms with Crippen LogP contribution in [-0.2, 0) is 22.7 Å². The van der Waals surface area contributed by atoms with Crippen LogP contribution in [0, 0.1) is 0 Å². The number of fused-ring (bicyclic) bond motifs is 1. The lowest BCUT2D eigenvalue weighted by Crippen LogP contribution is -2.51. The maximum Gasteiger partial charge on any atom is 0.236 e. The molecule has 1 saturated heterocycles. The molecule has 0 unspecified atom stereocenters. The number of rotatable bonds is 9. The van der Waals surface area contributed by atoms with Gasteiger partial charge in [0, 0.05) is 37.6 Å². The highest BCUT2D eigenvalue weighted by atomic mass is 32.1. The van der Waals surface area contributed by atoms with E-state index in [9.17, 15) is 9.59 Å². The number of thiophene rings is 1. The first kappa shape index (κ1) is 23.4. The van der Waals surface area contributed by atoms with E-state index in [4.69, 9.17) is 0 Å². The highest BCUT2D eigenvalue weighted by Gasteiger charge is 2.23. The van der Waals surface area contributed by atoms with Crippen molar-refractivity contribution in [3.05, 3.63) is 70.4 Å². The molecule has 1 N–H and O–H groups in total. The van der Waals surface area contributed by atoms with Crippen molar-refractivity contribution in [1.29, 1.82) is 0 Å². The summed E-state index contributed by atoms with van der Waals surface area (Å²) in [6.07, 6.45) is 0. The predicted molar refractivity (Wildman–Crippen MR) is 134 cm³/mol. The van der Waals surface area contributed by atoms with E-state index in [1.807, 2.05) is 34.2 Å². The van der Waals surface area contributed by atoms with Crippen LogP contribution in [0.1, 0.15) is 17.4 Å². The Morgan fingerprint density at radius 3 is 2.52 bits per heavy atom. The summed E-state index contributed by atoms with van der Waals surface area (Å²) in [7, 11) is 0. The lowest BCUT2D eigenvalue weighted by Gasteiger charge is -2.36. The summed E-state index contributed by atoms with van der Waals surface area (Å²) in [6, 6.07) is 18.9. The summed E-state index contributed by atoms with van der Waals surface area (Å²) >= 11 is 1.63. The van der Waals surface area contributed by atoms with Crippen molar-refractivity contribution in [2.75, 3.05) is 45.8 Å². The third kappa shape index (κ3) is 6.41. The molecular weight excluding hydrogens is 432 g/mol. The average molecular weight is 465 g/mol. The second kappa shape index (κ2) is 11.4. The molecule has 6 nitrogen and oxygen atoms in total. The number of carbonyl (C=O) groups excluding carboxylic acids is 2. The molecule has 0 saturated carbocycles. The quantitative estimate of drug-likeness (QED) is 0.529. The summed E-state index contributed by atoms with van der Waals surface area (Å²) in [6.45, 7) is 7.81. The van der Waals surface area contributed by atoms with Gasteiger partial charge in [-0.05, 0) is 34.3 Å². The molecule has 0 bridgehead atoms. The van der Waals surface area contributed by atoms with Crippen LogP contribution < -0.4 is 5.32 Å². The number of nitrogens with one attached hydrogen (secondary N) is 1. The fraction of sp³-hybridized carbons (Fsp3) is 0.385. The summed E-state index contributed by atoms with van der Waals surface area (Å²) in [4.78, 5) is 32.6. The maximum absolute atomic E-state index is 12.9. The zero-order valence-electron chi connectivity index (χ0n) is 19.2. The first-order valence-corrected chi connectivity index (χ1v) is 12.5. The third-order valence-corrected chi connectivity index (χ3v) is 7.09. The largest absolute Gasteiger partial charge is 0.350 e. The van der Waals surface area contributed by atoms with Crippen molar-refractivity contribution in [1.82, 2.24) is 20.0 Å². The number of carbonyl (C=O) groups is 2. The second-order valence-corrected chi connectivity index (χ2v) is 9.49. The van der Waals surface area contributed by atoms with Crippen molar-refractivity contribution in [2.24, 2.45) is 0 Å². The van der Waals surface area contributed by atoms with E-state index >= 15 is 0 Å². The molecule has 7 heteroatoms. The van der Waals surface area contributed by atoms with E-state index < -0.39 is 0 Å². The first-order valence-electron chi connectivity index (χ1n) is 11.6. The van der Waals surface area contributed by atoms with Gasteiger partial charge in [-0.25, -0.2) is 0 Å². The minimum Gasteiger partial charge on any atom is -0.350 e. The van der Waals surface area contributed by atoms with Crippen molar-refractivity contribution in [2.45, 2.75) is 20.0 Å². The molecule has 1 aliphatic rings. The molecule has 0 atom stereocenters. The highest BCUT2D eigenvalue weighted by Crippen LogP contribution is 2.20. The number of benzene rings is 2. The van der Waals surface area contributed by atoms with Crippen molar-refractivity contribution in [3.8, 4) is 0 Å². The third-order valence-electron chi connectivity index (χ3n) is 6.21. The van der Waals surface area contributed by atoms with Crippen LogP contribution in [0.5, 0.6) is 0 Å². The van der Waals surface area contributed by atoms with Crippen LogP contribution in [0.15, 0.2) is 60.0 Å². The van der Waals surface area contributed by atoms with Crippen LogP contribution in [0.25, 0.3) is 10.8 Å². The van der Waals surface area contributed by atoms with Gasteiger partial charge in [-0.1, -0.05) is 55.5 Å². The minimum absolute atomic E-state index is 0.0436. The Kier molecular flexibility index (Phi) is 8.10. The van der Waals surface area contributed by atoms with E-state index in [1.165, 1.54) is 16.3 Å². The molecule has 1 fully saturated rings. The van der Waals surface area contributed by atoms with Gasteiger partial charge in [0.25, 0.3) is 0 Å². The van der Waals surface area contributed by atoms with Gasteiger partial charge in [0.15, 0.2) is 0 Å². The Hall–Kier alpha value is -2.74. The molecule has 0 spiro atoms. The zero-order valence-corrected chi connectivity index (χ0v) is 20.0. The summed E-state index contributed by atoms with van der Waals surface area (Å²) in [5.41, 5.74) is 1.33. The second-order valence-electron chi connectivity index (χ2n) is 8.45. The molecule has 2 aromatic carbocycles. The van der Waals surface area contributed by atoms with Crippen molar-refractivity contribution >= 4 is 33.9 Å². The van der Waals surface area contributed by atoms with Gasteiger partial charge in [-0.15, -0.1) is 11.3 Å². The Morgan fingerprint density at radius 1 is 0.970 bits per heavy atom. The zero-order chi connectivity index (χ0) is 23.0. The summed E-state index contributed by atoms with van der Waals surface area (Å²) in [5, 5.41) is 7.51. The van der Waals surface area contributed by atoms with Crippen molar-refractivity contribution < 1.29 is 9.59 Å². The van der Waals surface area contributed by atoms with E-state index in [2.05, 4.69) is 52.7 Å². The average Bonchev–Trinajstić information content (AvgIpc) is 3.37. The fourth-order valence-corrected chi connectivity index (χ4v) is 4.90. The monoisotopic (exact) mass is 464 g/mol. The first-order chi connectivity index (χ1) is 16.1. The minimum atomic E-state index is -0.0436. The summed E-state index contributed by atoms with van der Waals surface area (Å²) < 4.78 is 0. The Labute approximate surface area is 199 Å². The highest BCUT2D eigenvalue weighted by molar-refractivity contribution is 7.09. The lowest BCUT2D eigenvalue weighted by atomic mass is 10.0. The van der Waals surface area contributed by atoms with Crippen LogP contribution in [0.3, 0.4) is 0 Å². The molecule has 33 heavy (non-hydrogen) atoms. The molecule has 2 heterocycles. The molecule has 0 radical (unpaired) electrons. The van der Waals surface area contributed by atoms with Crippen LogP contribution >= 0.6 is 11.3 Å². The number of nitrogens with zero attached hydrogens (tertiary/aromatic N) is 3. The maximum atomic E-state index is 12.9. The Bertz CT molecular complexity index is 1060. The predicted octanol–water partition coefficient (Wildman–Crippen LogP) is 3.18. The molecular formula is C26H32N4O2S.